The molecule has 34 heavy (non-hydrogen) atoms. The van der Waals surface area contributed by atoms with E-state index in [9.17, 15) is 4.79 Å². The van der Waals surface area contributed by atoms with Crippen molar-refractivity contribution in [3.05, 3.63) is 75.1 Å². The highest BCUT2D eigenvalue weighted by Gasteiger charge is 2.33. The Bertz CT molecular complexity index is 1200. The Kier molecular flexibility index (Phi) is 7.44. The number of nitrogens with one attached hydrogen (secondary N) is 1. The maximum atomic E-state index is 13.5. The van der Waals surface area contributed by atoms with E-state index in [4.69, 9.17) is 21.3 Å². The molecule has 3 aromatic rings. The Balaban J connectivity index is 1.73. The average molecular weight is 495 g/mol. The first-order chi connectivity index (χ1) is 16.3. The number of halogens is 1. The Morgan fingerprint density at radius 3 is 2.71 bits per heavy atom. The summed E-state index contributed by atoms with van der Waals surface area (Å²) in [6, 6.07) is 15.1. The van der Waals surface area contributed by atoms with Gasteiger partial charge in [0.25, 0.3) is 5.91 Å². The zero-order chi connectivity index (χ0) is 24.3. The highest BCUT2D eigenvalue weighted by molar-refractivity contribution is 7.16. The van der Waals surface area contributed by atoms with Crippen molar-refractivity contribution < 1.29 is 9.53 Å². The fourth-order valence-corrected chi connectivity index (χ4v) is 5.84. The van der Waals surface area contributed by atoms with Crippen molar-refractivity contribution in [3.63, 3.8) is 0 Å². The molecule has 0 saturated carbocycles. The van der Waals surface area contributed by atoms with Gasteiger partial charge in [0.05, 0.1) is 12.2 Å². The van der Waals surface area contributed by atoms with Crippen LogP contribution in [0.15, 0.2) is 53.5 Å². The number of nitrogens with zero attached hydrogens (tertiary/aromatic N) is 1. The van der Waals surface area contributed by atoms with Crippen molar-refractivity contribution >= 4 is 45.7 Å². The van der Waals surface area contributed by atoms with Crippen molar-refractivity contribution in [3.8, 4) is 5.75 Å². The van der Waals surface area contributed by atoms with Crippen LogP contribution in [0.25, 0.3) is 0 Å². The molecule has 0 spiro atoms. The van der Waals surface area contributed by atoms with Gasteiger partial charge >= 0.3 is 0 Å². The highest BCUT2D eigenvalue weighted by Crippen LogP contribution is 2.45. The monoisotopic (exact) mass is 494 g/mol. The molecular weight excluding hydrogens is 464 g/mol. The second kappa shape index (κ2) is 10.3. The SMILES string of the molecule is CCOc1ccc(Cl)cc1C=Nc1sc2c(c1C(=O)Nc1ccccc1)CC[C@H](C(C)(C)C)C2. The quantitative estimate of drug-likeness (QED) is 0.353. The van der Waals surface area contributed by atoms with Gasteiger partial charge in [0.2, 0.25) is 0 Å². The number of ether oxygens (including phenoxy) is 1. The Morgan fingerprint density at radius 1 is 1.24 bits per heavy atom. The van der Waals surface area contributed by atoms with E-state index in [0.717, 1.165) is 46.8 Å². The molecule has 1 amide bonds. The molecule has 0 aliphatic heterocycles. The van der Waals surface area contributed by atoms with Crippen LogP contribution in [0.4, 0.5) is 10.7 Å². The van der Waals surface area contributed by atoms with Gasteiger partial charge in [-0.2, -0.15) is 0 Å². The van der Waals surface area contributed by atoms with E-state index in [0.29, 0.717) is 23.1 Å². The molecule has 1 aliphatic rings. The van der Waals surface area contributed by atoms with Crippen LogP contribution in [-0.4, -0.2) is 18.7 Å². The molecule has 0 bridgehead atoms. The Morgan fingerprint density at radius 2 is 2.00 bits per heavy atom. The third kappa shape index (κ3) is 5.53. The first kappa shape index (κ1) is 24.5. The lowest BCUT2D eigenvalue weighted by Gasteiger charge is -2.33. The molecule has 4 rings (SSSR count). The number of anilines is 1. The first-order valence-corrected chi connectivity index (χ1v) is 12.9. The van der Waals surface area contributed by atoms with Crippen molar-refractivity contribution in [1.29, 1.82) is 0 Å². The second-order valence-electron chi connectivity index (χ2n) is 9.68. The van der Waals surface area contributed by atoms with Gasteiger partial charge in [0, 0.05) is 27.4 Å². The van der Waals surface area contributed by atoms with E-state index in [1.807, 2.05) is 49.4 Å². The fraction of sp³-hybridized carbons (Fsp3) is 0.357. The molecule has 0 saturated heterocycles. The number of hydrogen-bond donors (Lipinski definition) is 1. The van der Waals surface area contributed by atoms with Crippen LogP contribution in [0.1, 0.15) is 60.5 Å². The lowest BCUT2D eigenvalue weighted by atomic mass is 9.72. The third-order valence-corrected chi connectivity index (χ3v) is 7.72. The zero-order valence-corrected chi connectivity index (χ0v) is 21.7. The minimum absolute atomic E-state index is 0.110. The molecule has 6 heteroatoms. The van der Waals surface area contributed by atoms with Crippen LogP contribution in [0, 0.1) is 11.3 Å². The van der Waals surface area contributed by atoms with Crippen molar-refractivity contribution in [1.82, 2.24) is 0 Å². The summed E-state index contributed by atoms with van der Waals surface area (Å²) >= 11 is 7.86. The normalized spacial score (nSPS) is 15.9. The number of carbonyl (C=O) groups excluding carboxylic acids is 1. The summed E-state index contributed by atoms with van der Waals surface area (Å²) in [4.78, 5) is 19.5. The molecule has 1 heterocycles. The summed E-state index contributed by atoms with van der Waals surface area (Å²) in [6.45, 7) is 9.39. The molecule has 1 atom stereocenters. The minimum atomic E-state index is -0.110. The fourth-order valence-electron chi connectivity index (χ4n) is 4.39. The van der Waals surface area contributed by atoms with Crippen molar-refractivity contribution in [2.24, 2.45) is 16.3 Å². The van der Waals surface area contributed by atoms with Gasteiger partial charge in [0.1, 0.15) is 10.8 Å². The summed E-state index contributed by atoms with van der Waals surface area (Å²) < 4.78 is 5.74. The summed E-state index contributed by atoms with van der Waals surface area (Å²) in [7, 11) is 0. The van der Waals surface area contributed by atoms with Gasteiger partial charge in [0.15, 0.2) is 0 Å². The number of benzene rings is 2. The molecule has 0 unspecified atom stereocenters. The number of carbonyl (C=O) groups is 1. The maximum absolute atomic E-state index is 13.5. The third-order valence-electron chi connectivity index (χ3n) is 6.32. The molecular formula is C28H31ClN2O2S. The molecule has 1 N–H and O–H groups in total. The molecule has 1 aromatic heterocycles. The Labute approximate surface area is 211 Å². The lowest BCUT2D eigenvalue weighted by Crippen LogP contribution is -2.27. The molecule has 1 aliphatic carbocycles. The average Bonchev–Trinajstić information content (AvgIpc) is 3.17. The van der Waals surface area contributed by atoms with Crippen LogP contribution in [0.2, 0.25) is 5.02 Å². The van der Waals surface area contributed by atoms with Gasteiger partial charge in [-0.25, -0.2) is 4.99 Å². The zero-order valence-electron chi connectivity index (χ0n) is 20.2. The van der Waals surface area contributed by atoms with Crippen LogP contribution in [0.5, 0.6) is 5.75 Å². The predicted octanol–water partition coefficient (Wildman–Crippen LogP) is 7.95. The molecule has 4 nitrogen and oxygen atoms in total. The minimum Gasteiger partial charge on any atom is -0.493 e. The van der Waals surface area contributed by atoms with Crippen LogP contribution in [0.3, 0.4) is 0 Å². The van der Waals surface area contributed by atoms with Gasteiger partial charge in [-0.3, -0.25) is 4.79 Å². The largest absolute Gasteiger partial charge is 0.493 e. The maximum Gasteiger partial charge on any atom is 0.259 e. The van der Waals surface area contributed by atoms with Crippen molar-refractivity contribution in [2.45, 2.75) is 47.0 Å². The van der Waals surface area contributed by atoms with Crippen molar-refractivity contribution in [2.75, 3.05) is 11.9 Å². The van der Waals surface area contributed by atoms with Gasteiger partial charge in [-0.15, -0.1) is 11.3 Å². The highest BCUT2D eigenvalue weighted by atomic mass is 35.5. The van der Waals surface area contributed by atoms with E-state index >= 15 is 0 Å². The van der Waals surface area contributed by atoms with E-state index in [1.165, 1.54) is 4.88 Å². The lowest BCUT2D eigenvalue weighted by molar-refractivity contribution is 0.102. The standard InChI is InChI=1S/C28H31ClN2O2S/c1-5-33-23-14-12-20(29)15-18(23)17-30-27-25(26(32)31-21-9-7-6-8-10-21)22-13-11-19(28(2,3)4)16-24(22)34-27/h6-10,12,14-15,17,19H,5,11,13,16H2,1-4H3,(H,31,32)/t19-/m0/s1. The van der Waals surface area contributed by atoms with E-state index in [1.54, 1.807) is 23.6 Å². The number of thiophene rings is 1. The summed E-state index contributed by atoms with van der Waals surface area (Å²) in [6.07, 6.45) is 4.70. The molecule has 0 fully saturated rings. The topological polar surface area (TPSA) is 50.7 Å². The summed E-state index contributed by atoms with van der Waals surface area (Å²) in [5.74, 6) is 1.19. The van der Waals surface area contributed by atoms with Gasteiger partial charge in [-0.1, -0.05) is 50.6 Å². The van der Waals surface area contributed by atoms with E-state index in [2.05, 4.69) is 26.1 Å². The van der Waals surface area contributed by atoms with Crippen LogP contribution >= 0.6 is 22.9 Å². The second-order valence-corrected chi connectivity index (χ2v) is 11.2. The van der Waals surface area contributed by atoms with Crippen LogP contribution < -0.4 is 10.1 Å². The van der Waals surface area contributed by atoms with Gasteiger partial charge < -0.3 is 10.1 Å². The summed E-state index contributed by atoms with van der Waals surface area (Å²) in [5, 5.41) is 4.41. The molecule has 178 valence electrons. The number of aliphatic imine (C=N–C) groups is 1. The smallest absolute Gasteiger partial charge is 0.259 e. The number of hydrogen-bond acceptors (Lipinski definition) is 4. The molecule has 2 aromatic carbocycles. The number of rotatable bonds is 6. The molecule has 0 radical (unpaired) electrons. The summed E-state index contributed by atoms with van der Waals surface area (Å²) in [5.41, 5.74) is 3.63. The number of fused-ring (bicyclic) bond motifs is 1. The van der Waals surface area contributed by atoms with Crippen LogP contribution in [-0.2, 0) is 12.8 Å². The van der Waals surface area contributed by atoms with E-state index < -0.39 is 0 Å². The number of amides is 1. The first-order valence-electron chi connectivity index (χ1n) is 11.7. The predicted molar refractivity (Wildman–Crippen MR) is 144 cm³/mol. The van der Waals surface area contributed by atoms with Gasteiger partial charge in [-0.05, 0) is 73.4 Å². The number of para-hydroxylation sites is 1. The Hall–Kier alpha value is -2.63. The van der Waals surface area contributed by atoms with E-state index in [-0.39, 0.29) is 11.3 Å².